The van der Waals surface area contributed by atoms with E-state index in [0.29, 0.717) is 90.1 Å². The van der Waals surface area contributed by atoms with E-state index < -0.39 is 30.0 Å². The summed E-state index contributed by atoms with van der Waals surface area (Å²) in [5.41, 5.74) is 0. The van der Waals surface area contributed by atoms with Gasteiger partial charge in [0.1, 0.15) is 18.1 Å². The number of carbonyl (C=O) groups excluding carboxylic acids is 6. The highest BCUT2D eigenvalue weighted by Crippen LogP contribution is 2.16. The molecule has 80 heavy (non-hydrogen) atoms. The van der Waals surface area contributed by atoms with Crippen LogP contribution < -0.4 is 31.9 Å². The van der Waals surface area contributed by atoms with E-state index in [4.69, 9.17) is 0 Å². The molecule has 6 amide bonds. The Balaban J connectivity index is 5.26. The molecule has 0 aliphatic carbocycles. The first-order valence-electron chi connectivity index (χ1n) is 33.9. The lowest BCUT2D eigenvalue weighted by Gasteiger charge is -2.22. The minimum absolute atomic E-state index is 0.0272. The van der Waals surface area contributed by atoms with Crippen molar-refractivity contribution in [3.63, 3.8) is 0 Å². The first-order chi connectivity index (χ1) is 39.0. The van der Waals surface area contributed by atoms with Crippen molar-refractivity contribution >= 4 is 41.4 Å². The van der Waals surface area contributed by atoms with Crippen molar-refractivity contribution in [1.82, 2.24) is 31.9 Å². The second-order valence-corrected chi connectivity index (χ2v) is 23.4. The van der Waals surface area contributed by atoms with Gasteiger partial charge in [-0.15, -0.1) is 0 Å². The normalized spacial score (nSPS) is 12.3. The van der Waals surface area contributed by atoms with Crippen molar-refractivity contribution in [3.05, 3.63) is 0 Å². The summed E-state index contributed by atoms with van der Waals surface area (Å²) in [5.74, 6) is -2.30. The highest BCUT2D eigenvalue weighted by atomic mass is 16.4. The zero-order chi connectivity index (χ0) is 58.8. The average molecular weight is 1130 g/mol. The highest BCUT2D eigenvalue weighted by molar-refractivity contribution is 5.90. The number of nitrogens with one attached hydrogen (secondary N) is 6. The van der Waals surface area contributed by atoms with Gasteiger partial charge in [0.2, 0.25) is 35.4 Å². The Labute approximate surface area is 490 Å². The van der Waals surface area contributed by atoms with Crippen LogP contribution in [0.2, 0.25) is 0 Å². The molecule has 0 fully saturated rings. The van der Waals surface area contributed by atoms with Crippen LogP contribution in [0.4, 0.5) is 0 Å². The molecule has 0 spiro atoms. The van der Waals surface area contributed by atoms with Gasteiger partial charge < -0.3 is 37.0 Å². The largest absolute Gasteiger partial charge is 0.480 e. The molecule has 0 saturated heterocycles. The van der Waals surface area contributed by atoms with Crippen LogP contribution in [0.25, 0.3) is 0 Å². The first-order valence-corrected chi connectivity index (χ1v) is 33.9. The van der Waals surface area contributed by atoms with E-state index in [1.807, 2.05) is 0 Å². The Bertz CT molecular complexity index is 1510. The van der Waals surface area contributed by atoms with Gasteiger partial charge in [0.25, 0.3) is 0 Å². The summed E-state index contributed by atoms with van der Waals surface area (Å²) in [7, 11) is 0. The second-order valence-electron chi connectivity index (χ2n) is 23.4. The zero-order valence-electron chi connectivity index (χ0n) is 52.3. The van der Waals surface area contributed by atoms with Gasteiger partial charge in [-0.25, -0.2) is 4.79 Å². The molecular weight excluding hydrogens is 1000 g/mol. The molecule has 14 nitrogen and oxygen atoms in total. The van der Waals surface area contributed by atoms with Crippen molar-refractivity contribution in [2.45, 2.75) is 360 Å². The summed E-state index contributed by atoms with van der Waals surface area (Å²) in [4.78, 5) is 91.1. The molecule has 14 heteroatoms. The minimum atomic E-state index is -1.19. The number of amides is 6. The van der Waals surface area contributed by atoms with Crippen LogP contribution >= 0.6 is 0 Å². The molecule has 0 bridgehead atoms. The summed E-state index contributed by atoms with van der Waals surface area (Å²) in [6.45, 7) is 10.1. The van der Waals surface area contributed by atoms with E-state index in [1.165, 1.54) is 154 Å². The van der Waals surface area contributed by atoms with E-state index in [0.717, 1.165) is 77.0 Å². The molecule has 0 rings (SSSR count). The monoisotopic (exact) mass is 1130 g/mol. The maximum absolute atomic E-state index is 13.7. The van der Waals surface area contributed by atoms with E-state index in [-0.39, 0.29) is 42.5 Å². The smallest absolute Gasteiger partial charge is 0.326 e. The van der Waals surface area contributed by atoms with Gasteiger partial charge >= 0.3 is 5.97 Å². The number of hydrogen-bond acceptors (Lipinski definition) is 7. The van der Waals surface area contributed by atoms with Gasteiger partial charge in [-0.05, 0) is 83.5 Å². The molecule has 0 unspecified atom stereocenters. The molecule has 0 aromatic rings. The SMILES string of the molecule is CCCCCCCCCCCC(=O)NCCCC[C@H](NC(=O)CCCCCCCCCCC)C(=O)NCCCC[C@H](NC(=O)[C@H](CCCCNC(=O)CCCCCCCCCCC)NC(=O)CCCCCCCCCCC)C(=O)O. The lowest BCUT2D eigenvalue weighted by atomic mass is 10.0. The fraction of sp³-hybridized carbons (Fsp3) is 0.894. The van der Waals surface area contributed by atoms with Crippen molar-refractivity contribution in [3.8, 4) is 0 Å². The van der Waals surface area contributed by atoms with Crippen LogP contribution in [0, 0.1) is 0 Å². The van der Waals surface area contributed by atoms with Crippen LogP contribution in [0.15, 0.2) is 0 Å². The molecule has 0 aliphatic heterocycles. The Morgan fingerprint density at radius 2 is 0.512 bits per heavy atom. The van der Waals surface area contributed by atoms with E-state index in [9.17, 15) is 38.7 Å². The molecule has 0 aliphatic rings. The van der Waals surface area contributed by atoms with Crippen molar-refractivity contribution in [2.75, 3.05) is 19.6 Å². The number of rotatable bonds is 61. The van der Waals surface area contributed by atoms with Gasteiger partial charge in [0.15, 0.2) is 0 Å². The number of unbranched alkanes of at least 4 members (excludes halogenated alkanes) is 35. The Hall–Kier alpha value is -3.71. The summed E-state index contributed by atoms with van der Waals surface area (Å²) in [5, 5.41) is 27.7. The molecule has 0 heterocycles. The van der Waals surface area contributed by atoms with Gasteiger partial charge in [-0.1, -0.05) is 233 Å². The maximum Gasteiger partial charge on any atom is 0.326 e. The van der Waals surface area contributed by atoms with Crippen LogP contribution in [0.3, 0.4) is 0 Å². The van der Waals surface area contributed by atoms with E-state index >= 15 is 0 Å². The zero-order valence-corrected chi connectivity index (χ0v) is 52.3. The quantitative estimate of drug-likeness (QED) is 0.0291. The fourth-order valence-corrected chi connectivity index (χ4v) is 10.4. The Morgan fingerprint density at radius 3 is 0.812 bits per heavy atom. The third kappa shape index (κ3) is 51.2. The van der Waals surface area contributed by atoms with Gasteiger partial charge in [0.05, 0.1) is 0 Å². The topological polar surface area (TPSA) is 212 Å². The van der Waals surface area contributed by atoms with E-state index in [1.54, 1.807) is 0 Å². The predicted molar refractivity (Wildman–Crippen MR) is 331 cm³/mol. The van der Waals surface area contributed by atoms with Crippen LogP contribution in [-0.4, -0.2) is 84.3 Å². The van der Waals surface area contributed by atoms with Gasteiger partial charge in [0, 0.05) is 45.3 Å². The summed E-state index contributed by atoms with van der Waals surface area (Å²) in [6.07, 6.45) is 47.8. The molecule has 0 aromatic carbocycles. The van der Waals surface area contributed by atoms with Gasteiger partial charge in [-0.2, -0.15) is 0 Å². The second kappa shape index (κ2) is 58.5. The number of aliphatic carboxylic acids is 1. The summed E-state index contributed by atoms with van der Waals surface area (Å²) >= 11 is 0. The molecule has 0 saturated carbocycles. The Kier molecular flexibility index (Phi) is 55.8. The number of carbonyl (C=O) groups is 7. The third-order valence-electron chi connectivity index (χ3n) is 15.6. The fourth-order valence-electron chi connectivity index (χ4n) is 10.4. The lowest BCUT2D eigenvalue weighted by Crippen LogP contribution is -2.51. The standard InChI is InChI=1S/C66H126N6O8/c1-5-9-13-17-21-25-29-33-37-50-60(73)67-54-44-41-47-57(70-62(75)52-39-35-31-27-23-19-15-11-7-3)64(77)69-56-46-43-49-59(66(79)80)72-65(78)58(71-63(76)53-40-36-32-28-24-20-16-12-8-4)48-42-45-55-68-61(74)51-38-34-30-26-22-18-14-10-6-2/h57-59H,5-56H2,1-4H3,(H,67,73)(H,68,74)(H,69,77)(H,70,75)(H,71,76)(H,72,78)(H,79,80)/t57-,58-,59-/m0/s1. The van der Waals surface area contributed by atoms with Crippen molar-refractivity contribution < 1.29 is 38.7 Å². The first kappa shape index (κ1) is 76.3. The molecule has 0 aromatic heterocycles. The maximum atomic E-state index is 13.7. The van der Waals surface area contributed by atoms with Gasteiger partial charge in [-0.3, -0.25) is 28.8 Å². The van der Waals surface area contributed by atoms with Crippen LogP contribution in [0.5, 0.6) is 0 Å². The average Bonchev–Trinajstić information content (AvgIpc) is 3.44. The summed E-state index contributed by atoms with van der Waals surface area (Å²) < 4.78 is 0. The predicted octanol–water partition coefficient (Wildman–Crippen LogP) is 15.1. The molecule has 3 atom stereocenters. The lowest BCUT2D eigenvalue weighted by molar-refractivity contribution is -0.142. The molecule has 468 valence electrons. The van der Waals surface area contributed by atoms with Crippen molar-refractivity contribution in [2.24, 2.45) is 0 Å². The van der Waals surface area contributed by atoms with Crippen LogP contribution in [0.1, 0.15) is 342 Å². The third-order valence-corrected chi connectivity index (χ3v) is 15.6. The number of carboxylic acid groups (broad SMARTS) is 1. The summed E-state index contributed by atoms with van der Waals surface area (Å²) in [6, 6.07) is -2.82. The highest BCUT2D eigenvalue weighted by Gasteiger charge is 2.27. The number of carboxylic acids is 1. The number of hydrogen-bond donors (Lipinski definition) is 7. The van der Waals surface area contributed by atoms with E-state index in [2.05, 4.69) is 59.6 Å². The minimum Gasteiger partial charge on any atom is -0.480 e. The molecule has 0 radical (unpaired) electrons. The van der Waals surface area contributed by atoms with Crippen molar-refractivity contribution in [1.29, 1.82) is 0 Å². The molecule has 7 N–H and O–H groups in total. The molecular formula is C66H126N6O8. The Morgan fingerprint density at radius 1 is 0.263 bits per heavy atom. The van der Waals surface area contributed by atoms with Crippen LogP contribution in [-0.2, 0) is 33.6 Å².